The summed E-state index contributed by atoms with van der Waals surface area (Å²) in [6.07, 6.45) is 1.12. The lowest BCUT2D eigenvalue weighted by Gasteiger charge is -2.31. The van der Waals surface area contributed by atoms with Crippen LogP contribution >= 0.6 is 0 Å². The Morgan fingerprint density at radius 2 is 1.91 bits per heavy atom. The third kappa shape index (κ3) is 3.63. The zero-order valence-corrected chi connectivity index (χ0v) is 13.1. The van der Waals surface area contributed by atoms with Gasteiger partial charge < -0.3 is 20.5 Å². The highest BCUT2D eigenvalue weighted by molar-refractivity contribution is 5.88. The van der Waals surface area contributed by atoms with Gasteiger partial charge in [0.1, 0.15) is 12.4 Å². The first-order valence-electron chi connectivity index (χ1n) is 7.94. The Bertz CT molecular complexity index is 676. The first-order chi connectivity index (χ1) is 11.2. The highest BCUT2D eigenvalue weighted by atomic mass is 16.5. The summed E-state index contributed by atoms with van der Waals surface area (Å²) in [5.41, 5.74) is 5.33. The molecule has 5 nitrogen and oxygen atoms in total. The Morgan fingerprint density at radius 3 is 2.74 bits per heavy atom. The summed E-state index contributed by atoms with van der Waals surface area (Å²) in [4.78, 5) is 12.2. The Morgan fingerprint density at radius 1 is 1.17 bits per heavy atom. The number of rotatable bonds is 5. The molecule has 5 heteroatoms. The maximum atomic E-state index is 12.2. The van der Waals surface area contributed by atoms with Crippen LogP contribution in [0.25, 0.3) is 10.8 Å². The zero-order valence-electron chi connectivity index (χ0n) is 13.1. The van der Waals surface area contributed by atoms with Gasteiger partial charge in [-0.3, -0.25) is 4.79 Å². The van der Waals surface area contributed by atoms with Crippen LogP contribution in [0.5, 0.6) is 5.75 Å². The van der Waals surface area contributed by atoms with E-state index in [1.54, 1.807) is 0 Å². The van der Waals surface area contributed by atoms with Gasteiger partial charge in [0.2, 0.25) is 5.91 Å². The monoisotopic (exact) mass is 314 g/mol. The second-order valence-electron chi connectivity index (χ2n) is 5.85. The van der Waals surface area contributed by atoms with E-state index in [9.17, 15) is 4.79 Å². The van der Waals surface area contributed by atoms with Gasteiger partial charge in [-0.15, -0.1) is 0 Å². The fourth-order valence-corrected chi connectivity index (χ4v) is 2.79. The van der Waals surface area contributed by atoms with Crippen molar-refractivity contribution in [2.24, 2.45) is 5.73 Å². The minimum Gasteiger partial charge on any atom is -0.491 e. The summed E-state index contributed by atoms with van der Waals surface area (Å²) >= 11 is 0. The van der Waals surface area contributed by atoms with Crippen LogP contribution in [-0.4, -0.2) is 37.8 Å². The van der Waals surface area contributed by atoms with Gasteiger partial charge in [-0.1, -0.05) is 36.4 Å². The van der Waals surface area contributed by atoms with Crippen LogP contribution in [0.15, 0.2) is 42.5 Å². The standard InChI is InChI=1S/C18H22N2O3/c19-18(8-11-22-12-9-18)17(21)20-10-13-23-16-7-3-5-14-4-1-2-6-15(14)16/h1-7H,8-13,19H2,(H,20,21). The lowest BCUT2D eigenvalue weighted by atomic mass is 9.90. The van der Waals surface area contributed by atoms with E-state index in [0.29, 0.717) is 39.2 Å². The Kier molecular flexibility index (Phi) is 4.79. The third-order valence-corrected chi connectivity index (χ3v) is 4.23. The first-order valence-corrected chi connectivity index (χ1v) is 7.94. The fraction of sp³-hybridized carbons (Fsp3) is 0.389. The number of benzene rings is 2. The number of carbonyl (C=O) groups excluding carboxylic acids is 1. The molecule has 0 spiro atoms. The molecular weight excluding hydrogens is 292 g/mol. The zero-order chi connectivity index (χ0) is 16.1. The lowest BCUT2D eigenvalue weighted by Crippen LogP contribution is -2.57. The maximum Gasteiger partial charge on any atom is 0.240 e. The number of hydrogen-bond donors (Lipinski definition) is 2. The van der Waals surface area contributed by atoms with E-state index < -0.39 is 5.54 Å². The van der Waals surface area contributed by atoms with E-state index in [0.717, 1.165) is 16.5 Å². The highest BCUT2D eigenvalue weighted by Gasteiger charge is 2.35. The highest BCUT2D eigenvalue weighted by Crippen LogP contribution is 2.25. The van der Waals surface area contributed by atoms with Gasteiger partial charge in [-0.2, -0.15) is 0 Å². The molecule has 2 aromatic rings. The molecule has 0 aromatic heterocycles. The van der Waals surface area contributed by atoms with Gasteiger partial charge in [-0.25, -0.2) is 0 Å². The molecule has 0 aliphatic carbocycles. The molecule has 1 aliphatic heterocycles. The molecule has 122 valence electrons. The number of amides is 1. The van der Waals surface area contributed by atoms with Gasteiger partial charge in [0.05, 0.1) is 12.1 Å². The Labute approximate surface area is 135 Å². The maximum absolute atomic E-state index is 12.2. The minimum absolute atomic E-state index is 0.123. The van der Waals surface area contributed by atoms with Gasteiger partial charge in [0.15, 0.2) is 0 Å². The largest absolute Gasteiger partial charge is 0.491 e. The molecule has 23 heavy (non-hydrogen) atoms. The van der Waals surface area contributed by atoms with Crippen molar-refractivity contribution < 1.29 is 14.3 Å². The van der Waals surface area contributed by atoms with Crippen LogP contribution in [0.4, 0.5) is 0 Å². The molecule has 1 aliphatic rings. The lowest BCUT2D eigenvalue weighted by molar-refractivity contribution is -0.129. The van der Waals surface area contributed by atoms with Crippen molar-refractivity contribution >= 4 is 16.7 Å². The fourth-order valence-electron chi connectivity index (χ4n) is 2.79. The van der Waals surface area contributed by atoms with Crippen LogP contribution < -0.4 is 15.8 Å². The summed E-state index contributed by atoms with van der Waals surface area (Å²) in [6, 6.07) is 14.0. The van der Waals surface area contributed by atoms with Crippen molar-refractivity contribution in [2.45, 2.75) is 18.4 Å². The molecular formula is C18H22N2O3. The second kappa shape index (κ2) is 6.98. The van der Waals surface area contributed by atoms with Crippen LogP contribution in [0, 0.1) is 0 Å². The molecule has 0 radical (unpaired) electrons. The van der Waals surface area contributed by atoms with Crippen molar-refractivity contribution in [1.82, 2.24) is 5.32 Å². The second-order valence-corrected chi connectivity index (χ2v) is 5.85. The molecule has 0 atom stereocenters. The van der Waals surface area contributed by atoms with E-state index in [1.165, 1.54) is 0 Å². The quantitative estimate of drug-likeness (QED) is 0.826. The first kappa shape index (κ1) is 15.8. The van der Waals surface area contributed by atoms with Crippen LogP contribution in [0.1, 0.15) is 12.8 Å². The van der Waals surface area contributed by atoms with Gasteiger partial charge in [-0.05, 0) is 24.3 Å². The molecule has 1 fully saturated rings. The van der Waals surface area contributed by atoms with Crippen molar-refractivity contribution in [3.8, 4) is 5.75 Å². The molecule has 0 unspecified atom stereocenters. The van der Waals surface area contributed by atoms with E-state index >= 15 is 0 Å². The minimum atomic E-state index is -0.808. The number of carbonyl (C=O) groups is 1. The molecule has 3 rings (SSSR count). The van der Waals surface area contributed by atoms with E-state index in [1.807, 2.05) is 42.5 Å². The van der Waals surface area contributed by atoms with Crippen LogP contribution in [-0.2, 0) is 9.53 Å². The summed E-state index contributed by atoms with van der Waals surface area (Å²) in [6.45, 7) is 1.92. The molecule has 1 amide bonds. The smallest absolute Gasteiger partial charge is 0.240 e. The van der Waals surface area contributed by atoms with E-state index in [4.69, 9.17) is 15.2 Å². The Balaban J connectivity index is 1.52. The topological polar surface area (TPSA) is 73.6 Å². The number of fused-ring (bicyclic) bond motifs is 1. The molecule has 1 heterocycles. The SMILES string of the molecule is NC1(C(=O)NCCOc2cccc3ccccc23)CCOCC1. The van der Waals surface area contributed by atoms with Gasteiger partial charge in [0, 0.05) is 18.6 Å². The van der Waals surface area contributed by atoms with Crippen molar-refractivity contribution in [3.05, 3.63) is 42.5 Å². The number of hydrogen-bond acceptors (Lipinski definition) is 4. The molecule has 2 aromatic carbocycles. The van der Waals surface area contributed by atoms with Gasteiger partial charge in [0.25, 0.3) is 0 Å². The third-order valence-electron chi connectivity index (χ3n) is 4.23. The summed E-state index contributed by atoms with van der Waals surface area (Å²) in [5.74, 6) is 0.702. The van der Waals surface area contributed by atoms with Gasteiger partial charge >= 0.3 is 0 Å². The number of ether oxygens (including phenoxy) is 2. The summed E-state index contributed by atoms with van der Waals surface area (Å²) < 4.78 is 11.1. The van der Waals surface area contributed by atoms with E-state index in [2.05, 4.69) is 5.32 Å². The van der Waals surface area contributed by atoms with Crippen LogP contribution in [0.2, 0.25) is 0 Å². The van der Waals surface area contributed by atoms with Crippen molar-refractivity contribution in [3.63, 3.8) is 0 Å². The normalized spacial score (nSPS) is 16.9. The molecule has 3 N–H and O–H groups in total. The molecule has 1 saturated heterocycles. The van der Waals surface area contributed by atoms with Crippen molar-refractivity contribution in [2.75, 3.05) is 26.4 Å². The van der Waals surface area contributed by atoms with Crippen LogP contribution in [0.3, 0.4) is 0 Å². The molecule has 0 bridgehead atoms. The average molecular weight is 314 g/mol. The predicted octanol–water partition coefficient (Wildman–Crippen LogP) is 1.84. The summed E-state index contributed by atoms with van der Waals surface area (Å²) in [7, 11) is 0. The summed E-state index contributed by atoms with van der Waals surface area (Å²) in [5, 5.41) is 5.07. The Hall–Kier alpha value is -2.11. The number of nitrogens with one attached hydrogen (secondary N) is 1. The molecule has 0 saturated carbocycles. The average Bonchev–Trinajstić information content (AvgIpc) is 2.59. The van der Waals surface area contributed by atoms with E-state index in [-0.39, 0.29) is 5.91 Å². The predicted molar refractivity (Wildman–Crippen MR) is 89.4 cm³/mol. The van der Waals surface area contributed by atoms with Crippen molar-refractivity contribution in [1.29, 1.82) is 0 Å². The number of nitrogens with two attached hydrogens (primary N) is 1.